The van der Waals surface area contributed by atoms with Crippen molar-refractivity contribution in [3.05, 3.63) is 58.6 Å². The summed E-state index contributed by atoms with van der Waals surface area (Å²) in [6.07, 6.45) is 0. The molecule has 28 heavy (non-hydrogen) atoms. The van der Waals surface area contributed by atoms with Gasteiger partial charge < -0.3 is 10.1 Å². The van der Waals surface area contributed by atoms with Crippen LogP contribution in [0, 0.1) is 0 Å². The number of sulfonamides is 1. The summed E-state index contributed by atoms with van der Waals surface area (Å²) >= 11 is 6.15. The summed E-state index contributed by atoms with van der Waals surface area (Å²) < 4.78 is 32.7. The largest absolute Gasteiger partial charge is 0.494 e. The lowest BCUT2D eigenvalue weighted by molar-refractivity contribution is 0.0939. The van der Waals surface area contributed by atoms with Gasteiger partial charge in [0.15, 0.2) is 0 Å². The van der Waals surface area contributed by atoms with Gasteiger partial charge in [0.2, 0.25) is 10.0 Å². The number of nitrogens with one attached hydrogen (secondary N) is 2. The maximum absolute atomic E-state index is 12.7. The van der Waals surface area contributed by atoms with Crippen molar-refractivity contribution in [2.75, 3.05) is 6.61 Å². The van der Waals surface area contributed by atoms with E-state index in [1.165, 1.54) is 18.2 Å². The molecule has 0 aliphatic rings. The lowest BCUT2D eigenvalue weighted by atomic mass is 10.1. The molecule has 0 saturated carbocycles. The van der Waals surface area contributed by atoms with Crippen molar-refractivity contribution in [3.63, 3.8) is 0 Å². The fourth-order valence-electron chi connectivity index (χ4n) is 2.62. The predicted molar refractivity (Wildman–Crippen MR) is 110 cm³/mol. The zero-order valence-electron chi connectivity index (χ0n) is 16.3. The molecule has 6 nitrogen and oxygen atoms in total. The van der Waals surface area contributed by atoms with E-state index < -0.39 is 15.9 Å². The minimum Gasteiger partial charge on any atom is -0.494 e. The van der Waals surface area contributed by atoms with Gasteiger partial charge in [-0.2, -0.15) is 0 Å². The first-order valence-corrected chi connectivity index (χ1v) is 10.9. The number of carbonyl (C=O) groups excluding carboxylic acids is 1. The summed E-state index contributed by atoms with van der Waals surface area (Å²) in [5.41, 5.74) is 0.960. The van der Waals surface area contributed by atoms with Crippen LogP contribution in [-0.4, -0.2) is 27.0 Å². The van der Waals surface area contributed by atoms with Crippen molar-refractivity contribution in [3.8, 4) is 5.75 Å². The molecule has 0 aliphatic heterocycles. The smallest absolute Gasteiger partial charge is 0.253 e. The number of benzene rings is 2. The average Bonchev–Trinajstić information content (AvgIpc) is 2.61. The van der Waals surface area contributed by atoms with Gasteiger partial charge in [-0.3, -0.25) is 4.79 Å². The third kappa shape index (κ3) is 5.70. The van der Waals surface area contributed by atoms with Crippen molar-refractivity contribution in [1.82, 2.24) is 10.0 Å². The third-order valence-corrected chi connectivity index (χ3v) is 5.89. The van der Waals surface area contributed by atoms with Crippen LogP contribution in [0.25, 0.3) is 0 Å². The van der Waals surface area contributed by atoms with Gasteiger partial charge in [0, 0.05) is 6.04 Å². The minimum absolute atomic E-state index is 0.0123. The monoisotopic (exact) mass is 424 g/mol. The first kappa shape index (κ1) is 22.2. The van der Waals surface area contributed by atoms with Crippen LogP contribution in [0.15, 0.2) is 47.4 Å². The number of rotatable bonds is 8. The Morgan fingerprint density at radius 2 is 1.86 bits per heavy atom. The molecule has 0 saturated heterocycles. The van der Waals surface area contributed by atoms with Gasteiger partial charge in [0.05, 0.1) is 28.1 Å². The normalized spacial score (nSPS) is 12.6. The van der Waals surface area contributed by atoms with Crippen LogP contribution in [-0.2, 0) is 10.0 Å². The van der Waals surface area contributed by atoms with Crippen molar-refractivity contribution < 1.29 is 17.9 Å². The Morgan fingerprint density at radius 3 is 2.50 bits per heavy atom. The summed E-state index contributed by atoms with van der Waals surface area (Å²) in [5, 5.41) is 3.02. The molecule has 2 aromatic carbocycles. The van der Waals surface area contributed by atoms with E-state index in [2.05, 4.69) is 10.0 Å². The highest BCUT2D eigenvalue weighted by Crippen LogP contribution is 2.23. The molecule has 0 bridgehead atoms. The molecule has 0 aromatic heterocycles. The zero-order valence-corrected chi connectivity index (χ0v) is 17.9. The van der Waals surface area contributed by atoms with E-state index in [0.29, 0.717) is 12.4 Å². The van der Waals surface area contributed by atoms with E-state index in [0.717, 1.165) is 5.56 Å². The Kier molecular flexibility index (Phi) is 7.46. The van der Waals surface area contributed by atoms with Crippen molar-refractivity contribution in [2.45, 2.75) is 44.7 Å². The van der Waals surface area contributed by atoms with Crippen molar-refractivity contribution in [1.29, 1.82) is 0 Å². The second-order valence-electron chi connectivity index (χ2n) is 6.62. The molecular formula is C20H25ClN2O4S. The Morgan fingerprint density at radius 1 is 1.14 bits per heavy atom. The Bertz CT molecular complexity index is 945. The number of hydrogen-bond acceptors (Lipinski definition) is 4. The number of carbonyl (C=O) groups is 1. The second-order valence-corrected chi connectivity index (χ2v) is 8.74. The fourth-order valence-corrected chi connectivity index (χ4v) is 4.10. The van der Waals surface area contributed by atoms with Crippen LogP contribution in [0.4, 0.5) is 0 Å². The molecule has 0 spiro atoms. The van der Waals surface area contributed by atoms with Crippen LogP contribution in [0.3, 0.4) is 0 Å². The number of hydrogen-bond donors (Lipinski definition) is 2. The molecular weight excluding hydrogens is 400 g/mol. The third-order valence-electron chi connectivity index (χ3n) is 3.90. The highest BCUT2D eigenvalue weighted by molar-refractivity contribution is 7.89. The van der Waals surface area contributed by atoms with Crippen molar-refractivity contribution in [2.24, 2.45) is 0 Å². The summed E-state index contributed by atoms with van der Waals surface area (Å²) in [6, 6.07) is 10.9. The quantitative estimate of drug-likeness (QED) is 0.672. The molecule has 0 aliphatic carbocycles. The van der Waals surface area contributed by atoms with Gasteiger partial charge >= 0.3 is 0 Å². The molecule has 2 aromatic rings. The molecule has 1 amide bonds. The number of halogens is 1. The Balaban J connectivity index is 2.24. The summed E-state index contributed by atoms with van der Waals surface area (Å²) in [5.74, 6) is 0.257. The second kappa shape index (κ2) is 9.41. The predicted octanol–water partition coefficient (Wildman–Crippen LogP) is 3.92. The maximum atomic E-state index is 12.7. The van der Waals surface area contributed by atoms with E-state index >= 15 is 0 Å². The zero-order chi connectivity index (χ0) is 20.9. The first-order valence-electron chi connectivity index (χ1n) is 8.99. The van der Waals surface area contributed by atoms with Crippen molar-refractivity contribution >= 4 is 27.5 Å². The standard InChI is InChI=1S/C20H25ClN2O4S/c1-5-27-16-8-6-7-15(11-16)14(4)22-20(24)18-12-17(9-10-19(18)21)28(25,26)23-13(2)3/h6-14,23H,5H2,1-4H3,(H,22,24). The minimum atomic E-state index is -3.73. The average molecular weight is 425 g/mol. The van der Waals surface area contributed by atoms with Gasteiger partial charge in [-0.05, 0) is 63.6 Å². The van der Waals surface area contributed by atoms with Crippen LogP contribution in [0.5, 0.6) is 5.75 Å². The molecule has 0 fully saturated rings. The number of ether oxygens (including phenoxy) is 1. The van der Waals surface area contributed by atoms with E-state index in [1.54, 1.807) is 13.8 Å². The fraction of sp³-hybridized carbons (Fsp3) is 0.350. The highest BCUT2D eigenvalue weighted by atomic mass is 35.5. The first-order chi connectivity index (χ1) is 13.1. The molecule has 8 heteroatoms. The SMILES string of the molecule is CCOc1cccc(C(C)NC(=O)c2cc(S(=O)(=O)NC(C)C)ccc2Cl)c1. The molecule has 2 N–H and O–H groups in total. The van der Waals surface area contributed by atoms with E-state index in [9.17, 15) is 13.2 Å². The molecule has 0 radical (unpaired) electrons. The maximum Gasteiger partial charge on any atom is 0.253 e. The van der Waals surface area contributed by atoms with Gasteiger partial charge in [-0.1, -0.05) is 23.7 Å². The van der Waals surface area contributed by atoms with Crippen LogP contribution in [0.1, 0.15) is 49.7 Å². The van der Waals surface area contributed by atoms with Crippen LogP contribution >= 0.6 is 11.6 Å². The molecule has 1 unspecified atom stereocenters. The molecule has 0 heterocycles. The topological polar surface area (TPSA) is 84.5 Å². The molecule has 2 rings (SSSR count). The lowest BCUT2D eigenvalue weighted by Gasteiger charge is -2.17. The Hall–Kier alpha value is -2.09. The summed E-state index contributed by atoms with van der Waals surface area (Å²) in [4.78, 5) is 12.7. The van der Waals surface area contributed by atoms with Crippen LogP contribution in [0.2, 0.25) is 5.02 Å². The highest BCUT2D eigenvalue weighted by Gasteiger charge is 2.20. The van der Waals surface area contributed by atoms with Gasteiger partial charge in [-0.25, -0.2) is 13.1 Å². The number of amides is 1. The Labute approximate surface area is 171 Å². The summed E-state index contributed by atoms with van der Waals surface area (Å²) in [6.45, 7) is 7.72. The molecule has 152 valence electrons. The lowest BCUT2D eigenvalue weighted by Crippen LogP contribution is -2.31. The summed E-state index contributed by atoms with van der Waals surface area (Å²) in [7, 11) is -3.73. The van der Waals surface area contributed by atoms with Gasteiger partial charge in [0.1, 0.15) is 5.75 Å². The van der Waals surface area contributed by atoms with Crippen LogP contribution < -0.4 is 14.8 Å². The van der Waals surface area contributed by atoms with Gasteiger partial charge in [-0.15, -0.1) is 0 Å². The van der Waals surface area contributed by atoms with E-state index in [4.69, 9.17) is 16.3 Å². The van der Waals surface area contributed by atoms with E-state index in [1.807, 2.05) is 38.1 Å². The van der Waals surface area contributed by atoms with E-state index in [-0.39, 0.29) is 27.6 Å². The molecule has 1 atom stereocenters. The van der Waals surface area contributed by atoms with Gasteiger partial charge in [0.25, 0.3) is 5.91 Å².